The van der Waals surface area contributed by atoms with Gasteiger partial charge < -0.3 is 5.11 Å². The molecule has 0 fully saturated rings. The summed E-state index contributed by atoms with van der Waals surface area (Å²) in [5, 5.41) is 9.59. The quantitative estimate of drug-likeness (QED) is 0.688. The summed E-state index contributed by atoms with van der Waals surface area (Å²) in [5.41, 5.74) is 4.42. The van der Waals surface area contributed by atoms with Crippen molar-refractivity contribution in [2.45, 2.75) is 48.8 Å². The molecule has 2 aromatic carbocycles. The first-order valence-electron chi connectivity index (χ1n) is 10.3. The first-order chi connectivity index (χ1) is 14.7. The lowest BCUT2D eigenvalue weighted by atomic mass is 9.77. The van der Waals surface area contributed by atoms with E-state index >= 15 is 0 Å². The van der Waals surface area contributed by atoms with Crippen LogP contribution in [-0.2, 0) is 33.9 Å². The molecule has 0 saturated carbocycles. The molecule has 4 rings (SSSR count). The SMILES string of the molecule is Cc1ccc2c(c1CCC(=O)O)CCC(C1(S(=O)(=O)c3ccc(Cl)cc3)C=CC=N1)C2. The van der Waals surface area contributed by atoms with Crippen LogP contribution >= 0.6 is 11.6 Å². The second-order valence-electron chi connectivity index (χ2n) is 8.18. The summed E-state index contributed by atoms with van der Waals surface area (Å²) < 4.78 is 27.4. The number of hydrogen-bond acceptors (Lipinski definition) is 4. The number of carboxylic acid groups (broad SMARTS) is 1. The lowest BCUT2D eigenvalue weighted by Crippen LogP contribution is -2.44. The van der Waals surface area contributed by atoms with Gasteiger partial charge in [-0.15, -0.1) is 0 Å². The number of allylic oxidation sites excluding steroid dienone is 1. The second kappa shape index (κ2) is 8.24. The largest absolute Gasteiger partial charge is 0.481 e. The van der Waals surface area contributed by atoms with Gasteiger partial charge in [0, 0.05) is 23.6 Å². The molecule has 2 aliphatic rings. The van der Waals surface area contributed by atoms with E-state index in [9.17, 15) is 13.2 Å². The van der Waals surface area contributed by atoms with E-state index in [1.165, 1.54) is 17.7 Å². The van der Waals surface area contributed by atoms with Gasteiger partial charge in [0.25, 0.3) is 0 Å². The zero-order valence-electron chi connectivity index (χ0n) is 17.2. The summed E-state index contributed by atoms with van der Waals surface area (Å²) in [7, 11) is -3.78. The topological polar surface area (TPSA) is 83.8 Å². The van der Waals surface area contributed by atoms with Crippen LogP contribution in [0.3, 0.4) is 0 Å². The summed E-state index contributed by atoms with van der Waals surface area (Å²) in [5.74, 6) is -1.03. The lowest BCUT2D eigenvalue weighted by Gasteiger charge is -2.37. The molecule has 2 atom stereocenters. The van der Waals surface area contributed by atoms with Crippen LogP contribution in [0.5, 0.6) is 0 Å². The number of aryl methyl sites for hydroxylation is 1. The van der Waals surface area contributed by atoms with Crippen molar-refractivity contribution >= 4 is 33.6 Å². The minimum absolute atomic E-state index is 0.0859. The summed E-state index contributed by atoms with van der Waals surface area (Å²) >= 11 is 5.96. The first kappa shape index (κ1) is 21.8. The van der Waals surface area contributed by atoms with E-state index < -0.39 is 20.7 Å². The maximum absolute atomic E-state index is 13.7. The highest BCUT2D eigenvalue weighted by Gasteiger charge is 2.50. The molecule has 5 nitrogen and oxygen atoms in total. The normalized spacial score (nSPS) is 22.5. The van der Waals surface area contributed by atoms with Crippen LogP contribution in [0.4, 0.5) is 0 Å². The van der Waals surface area contributed by atoms with Crippen molar-refractivity contribution in [2.24, 2.45) is 10.9 Å². The van der Waals surface area contributed by atoms with Gasteiger partial charge in [0.2, 0.25) is 9.84 Å². The molecule has 1 N–H and O–H groups in total. The van der Waals surface area contributed by atoms with Gasteiger partial charge in [-0.1, -0.05) is 23.7 Å². The van der Waals surface area contributed by atoms with Crippen molar-refractivity contribution in [1.29, 1.82) is 0 Å². The third-order valence-electron chi connectivity index (χ3n) is 6.40. The van der Waals surface area contributed by atoms with Crippen molar-refractivity contribution in [3.63, 3.8) is 0 Å². The smallest absolute Gasteiger partial charge is 0.303 e. The highest BCUT2D eigenvalue weighted by molar-refractivity contribution is 7.93. The van der Waals surface area contributed by atoms with Gasteiger partial charge in [0.05, 0.1) is 4.90 Å². The van der Waals surface area contributed by atoms with Gasteiger partial charge in [-0.2, -0.15) is 0 Å². The van der Waals surface area contributed by atoms with E-state index in [0.29, 0.717) is 30.7 Å². The number of fused-ring (bicyclic) bond motifs is 1. The van der Waals surface area contributed by atoms with Gasteiger partial charge in [0.15, 0.2) is 4.87 Å². The maximum Gasteiger partial charge on any atom is 0.303 e. The fourth-order valence-corrected chi connectivity index (χ4v) is 6.88. The molecule has 1 heterocycles. The van der Waals surface area contributed by atoms with Crippen molar-refractivity contribution < 1.29 is 18.3 Å². The first-order valence-corrected chi connectivity index (χ1v) is 12.2. The van der Waals surface area contributed by atoms with Crippen LogP contribution < -0.4 is 0 Å². The van der Waals surface area contributed by atoms with Crippen molar-refractivity contribution in [2.75, 3.05) is 0 Å². The molecule has 0 saturated heterocycles. The molecule has 0 bridgehead atoms. The van der Waals surface area contributed by atoms with Crippen LogP contribution in [-0.4, -0.2) is 30.6 Å². The highest BCUT2D eigenvalue weighted by Crippen LogP contribution is 2.44. The van der Waals surface area contributed by atoms with E-state index in [2.05, 4.69) is 4.99 Å². The van der Waals surface area contributed by atoms with Crippen LogP contribution in [0.2, 0.25) is 5.02 Å². The number of benzene rings is 2. The third-order valence-corrected chi connectivity index (χ3v) is 8.98. The van der Waals surface area contributed by atoms with E-state index in [1.807, 2.05) is 19.1 Å². The van der Waals surface area contributed by atoms with Gasteiger partial charge in [-0.05, 0) is 91.3 Å². The molecule has 0 amide bonds. The Balaban J connectivity index is 1.71. The van der Waals surface area contributed by atoms with E-state index in [4.69, 9.17) is 16.7 Å². The van der Waals surface area contributed by atoms with Gasteiger partial charge in [-0.3, -0.25) is 9.79 Å². The number of carbonyl (C=O) groups is 1. The average molecular weight is 458 g/mol. The molecule has 31 heavy (non-hydrogen) atoms. The Morgan fingerprint density at radius 3 is 2.61 bits per heavy atom. The highest BCUT2D eigenvalue weighted by atomic mass is 35.5. The fourth-order valence-electron chi connectivity index (χ4n) is 4.79. The number of aliphatic imine (C=N–C) groups is 1. The van der Waals surface area contributed by atoms with Crippen LogP contribution in [0.25, 0.3) is 0 Å². The average Bonchev–Trinajstić information content (AvgIpc) is 3.25. The zero-order valence-corrected chi connectivity index (χ0v) is 18.8. The van der Waals surface area contributed by atoms with Crippen LogP contribution in [0, 0.1) is 12.8 Å². The standard InChI is InChI=1S/C24H24ClNO4S/c1-16-3-4-17-15-18(5-10-22(17)21(16)11-12-23(27)28)24(13-2-14-26-24)31(29,30)20-8-6-19(25)7-9-20/h2-4,6-9,13-14,18H,5,10-12,15H2,1H3,(H,27,28). The van der Waals surface area contributed by atoms with Crippen molar-refractivity contribution in [3.8, 4) is 0 Å². The molecule has 0 radical (unpaired) electrons. The molecular formula is C24H24ClNO4S. The van der Waals surface area contributed by atoms with E-state index in [0.717, 1.165) is 16.7 Å². The monoisotopic (exact) mass is 457 g/mol. The van der Waals surface area contributed by atoms with Crippen LogP contribution in [0.1, 0.15) is 35.1 Å². The lowest BCUT2D eigenvalue weighted by molar-refractivity contribution is -0.136. The van der Waals surface area contributed by atoms with Gasteiger partial charge >= 0.3 is 5.97 Å². The molecule has 0 spiro atoms. The van der Waals surface area contributed by atoms with E-state index in [1.54, 1.807) is 30.5 Å². The number of halogens is 1. The Bertz CT molecular complexity index is 1170. The minimum Gasteiger partial charge on any atom is -0.481 e. The summed E-state index contributed by atoms with van der Waals surface area (Å²) in [6.45, 7) is 2.00. The molecule has 1 aliphatic heterocycles. The third kappa shape index (κ3) is 3.83. The summed E-state index contributed by atoms with van der Waals surface area (Å²) in [6, 6.07) is 10.3. The number of rotatable bonds is 6. The van der Waals surface area contributed by atoms with Crippen molar-refractivity contribution in [1.82, 2.24) is 0 Å². The zero-order chi connectivity index (χ0) is 22.2. The van der Waals surface area contributed by atoms with E-state index in [-0.39, 0.29) is 17.2 Å². The fraction of sp³-hybridized carbons (Fsp3) is 0.333. The molecule has 2 aromatic rings. The number of carboxylic acids is 1. The Morgan fingerprint density at radius 2 is 1.97 bits per heavy atom. The number of aliphatic carboxylic acids is 1. The molecule has 1 aliphatic carbocycles. The molecule has 162 valence electrons. The summed E-state index contributed by atoms with van der Waals surface area (Å²) in [6.07, 6.45) is 7.48. The Hall–Kier alpha value is -2.44. The Morgan fingerprint density at radius 1 is 1.23 bits per heavy atom. The predicted octanol–water partition coefficient (Wildman–Crippen LogP) is 4.58. The Kier molecular flexibility index (Phi) is 5.79. The number of sulfone groups is 1. The molecule has 7 heteroatoms. The molecule has 2 unspecified atom stereocenters. The van der Waals surface area contributed by atoms with Gasteiger partial charge in [-0.25, -0.2) is 8.42 Å². The van der Waals surface area contributed by atoms with Crippen LogP contribution in [0.15, 0.2) is 58.4 Å². The second-order valence-corrected chi connectivity index (χ2v) is 10.7. The number of nitrogens with zero attached hydrogens (tertiary/aromatic N) is 1. The molecular weight excluding hydrogens is 434 g/mol. The summed E-state index contributed by atoms with van der Waals surface area (Å²) in [4.78, 5) is 14.5. The Labute approximate surface area is 187 Å². The maximum atomic E-state index is 13.7. The van der Waals surface area contributed by atoms with Crippen molar-refractivity contribution in [3.05, 3.63) is 75.8 Å². The molecule has 0 aromatic heterocycles. The number of hydrogen-bond donors (Lipinski definition) is 1. The predicted molar refractivity (Wildman–Crippen MR) is 122 cm³/mol. The minimum atomic E-state index is -3.78. The van der Waals surface area contributed by atoms with Gasteiger partial charge in [0.1, 0.15) is 0 Å².